The van der Waals surface area contributed by atoms with Crippen LogP contribution < -0.4 is 0 Å². The van der Waals surface area contributed by atoms with Crippen LogP contribution in [0.25, 0.3) is 0 Å². The Bertz CT molecular complexity index is 490. The zero-order valence-corrected chi connectivity index (χ0v) is 13.0. The molecule has 0 radical (unpaired) electrons. The molecule has 0 aromatic carbocycles. The summed E-state index contributed by atoms with van der Waals surface area (Å²) in [4.78, 5) is 0. The normalized spacial score (nSPS) is 80.5. The van der Waals surface area contributed by atoms with E-state index < -0.39 is 0 Å². The van der Waals surface area contributed by atoms with Gasteiger partial charge in [-0.3, -0.25) is 0 Å². The molecule has 100 valence electrons. The number of rotatable bonds is 0. The van der Waals surface area contributed by atoms with Crippen molar-refractivity contribution in [1.82, 2.24) is 0 Å². The summed E-state index contributed by atoms with van der Waals surface area (Å²) in [7, 11) is 0. The maximum Gasteiger partial charge on any atom is -0.0103 e. The molecular formula is C18H28. The minimum atomic E-state index is 0.617. The third-order valence-electron chi connectivity index (χ3n) is 10.5. The van der Waals surface area contributed by atoms with E-state index in [1.807, 2.05) is 0 Å². The molecule has 0 saturated heterocycles. The smallest absolute Gasteiger partial charge is 0.0103 e. The van der Waals surface area contributed by atoms with E-state index in [4.69, 9.17) is 0 Å². The lowest BCUT2D eigenvalue weighted by Gasteiger charge is -3.10. The number of hydrogen-bond donors (Lipinski definition) is 0. The summed E-state index contributed by atoms with van der Waals surface area (Å²) in [6, 6.07) is 0. The fourth-order valence-electron chi connectivity index (χ4n) is 10.2. The predicted octanol–water partition coefficient (Wildman–Crippen LogP) is 4.45. The summed E-state index contributed by atoms with van der Waals surface area (Å²) in [5, 5.41) is 0. The van der Waals surface area contributed by atoms with Crippen molar-refractivity contribution in [3.63, 3.8) is 0 Å². The van der Waals surface area contributed by atoms with Crippen LogP contribution in [-0.2, 0) is 0 Å². The second kappa shape index (κ2) is 2.15. The standard InChI is InChI=1S/C18H28/c1-8-13-14-10(3)16(7)9(2)12-11(4)17(13,15(8,5)6)18(12,14)16/h8-14H,1-7H3. The average Bonchev–Trinajstić information content (AvgIpc) is 2.29. The summed E-state index contributed by atoms with van der Waals surface area (Å²) in [6.07, 6.45) is 0. The van der Waals surface area contributed by atoms with Crippen molar-refractivity contribution >= 4 is 0 Å². The van der Waals surface area contributed by atoms with Gasteiger partial charge in [-0.2, -0.15) is 0 Å². The van der Waals surface area contributed by atoms with Gasteiger partial charge in [0.1, 0.15) is 0 Å². The SMILES string of the molecule is CC1C2C3C(C)C4(C)C(C)C5C(C)C2(C1(C)C)C534. The van der Waals surface area contributed by atoms with Gasteiger partial charge in [-0.05, 0) is 63.1 Å². The van der Waals surface area contributed by atoms with Gasteiger partial charge in [0.25, 0.3) is 0 Å². The van der Waals surface area contributed by atoms with E-state index in [1.165, 1.54) is 0 Å². The summed E-state index contributed by atoms with van der Waals surface area (Å²) in [5.74, 6) is 7.29. The maximum absolute atomic E-state index is 2.65. The lowest BCUT2D eigenvalue weighted by Crippen LogP contribution is -3.07. The minimum Gasteiger partial charge on any atom is -0.0617 e. The van der Waals surface area contributed by atoms with Crippen LogP contribution in [0, 0.1) is 63.1 Å². The third-order valence-corrected chi connectivity index (χ3v) is 10.5. The van der Waals surface area contributed by atoms with Crippen LogP contribution in [0.5, 0.6) is 0 Å². The number of fused-ring (bicyclic) bond motifs is 1. The summed E-state index contributed by atoms with van der Waals surface area (Å²) in [6.45, 7) is 18.1. The van der Waals surface area contributed by atoms with Crippen LogP contribution in [0.15, 0.2) is 0 Å². The van der Waals surface area contributed by atoms with Crippen molar-refractivity contribution in [2.45, 2.75) is 48.5 Å². The first-order chi connectivity index (χ1) is 8.25. The van der Waals surface area contributed by atoms with Gasteiger partial charge in [0, 0.05) is 0 Å². The van der Waals surface area contributed by atoms with Crippen LogP contribution in [0.2, 0.25) is 0 Å². The zero-order valence-electron chi connectivity index (χ0n) is 13.0. The molecule has 0 aromatic heterocycles. The molecule has 0 aromatic rings. The van der Waals surface area contributed by atoms with Crippen LogP contribution in [0.3, 0.4) is 0 Å². The molecule has 5 fully saturated rings. The fourth-order valence-corrected chi connectivity index (χ4v) is 10.2. The monoisotopic (exact) mass is 244 g/mol. The van der Waals surface area contributed by atoms with E-state index in [1.54, 1.807) is 0 Å². The first-order valence-corrected chi connectivity index (χ1v) is 8.25. The Hall–Kier alpha value is 0. The maximum atomic E-state index is 2.65. The van der Waals surface area contributed by atoms with Gasteiger partial charge in [0.2, 0.25) is 0 Å². The van der Waals surface area contributed by atoms with Crippen LogP contribution in [-0.4, -0.2) is 0 Å². The quantitative estimate of drug-likeness (QED) is 0.590. The highest BCUT2D eigenvalue weighted by atomic mass is 15.1. The predicted molar refractivity (Wildman–Crippen MR) is 73.9 cm³/mol. The Labute approximate surface area is 112 Å². The Balaban J connectivity index is 1.72. The molecule has 5 aliphatic rings. The van der Waals surface area contributed by atoms with Crippen LogP contribution in [0.1, 0.15) is 48.5 Å². The molecule has 0 heterocycles. The molecular weight excluding hydrogens is 216 g/mol. The Kier molecular flexibility index (Phi) is 1.28. The molecule has 2 spiro atoms. The molecule has 0 amide bonds. The highest BCUT2D eigenvalue weighted by Crippen LogP contribution is 3.09. The van der Waals surface area contributed by atoms with E-state index in [-0.39, 0.29) is 0 Å². The van der Waals surface area contributed by atoms with Crippen molar-refractivity contribution < 1.29 is 0 Å². The number of hydrogen-bond acceptors (Lipinski definition) is 0. The first-order valence-electron chi connectivity index (χ1n) is 8.25. The van der Waals surface area contributed by atoms with Gasteiger partial charge in [-0.25, -0.2) is 0 Å². The van der Waals surface area contributed by atoms with E-state index in [2.05, 4.69) is 48.5 Å². The molecule has 5 rings (SSSR count). The van der Waals surface area contributed by atoms with Crippen LogP contribution >= 0.6 is 0 Å². The molecule has 0 heteroatoms. The van der Waals surface area contributed by atoms with Crippen molar-refractivity contribution in [2.24, 2.45) is 63.1 Å². The largest absolute Gasteiger partial charge is 0.0617 e. The first kappa shape index (κ1) is 10.7. The second-order valence-corrected chi connectivity index (χ2v) is 9.47. The summed E-state index contributed by atoms with van der Waals surface area (Å²) in [5.41, 5.74) is 2.91. The molecule has 0 aliphatic heterocycles. The Morgan fingerprint density at radius 1 is 0.556 bits per heavy atom. The molecule has 10 atom stereocenters. The van der Waals surface area contributed by atoms with Gasteiger partial charge in [-0.1, -0.05) is 48.5 Å². The molecule has 5 saturated carbocycles. The zero-order chi connectivity index (χ0) is 13.0. The average molecular weight is 244 g/mol. The Morgan fingerprint density at radius 2 is 1.06 bits per heavy atom. The fraction of sp³-hybridized carbons (Fsp3) is 1.00. The van der Waals surface area contributed by atoms with Gasteiger partial charge in [0.15, 0.2) is 0 Å². The lowest BCUT2D eigenvalue weighted by molar-refractivity contribution is -0.637. The molecule has 5 aliphatic carbocycles. The van der Waals surface area contributed by atoms with Crippen molar-refractivity contribution in [2.75, 3.05) is 0 Å². The highest BCUT2D eigenvalue weighted by molar-refractivity contribution is 5.52. The van der Waals surface area contributed by atoms with Crippen molar-refractivity contribution in [3.8, 4) is 0 Å². The molecule has 10 unspecified atom stereocenters. The summed E-state index contributed by atoms with van der Waals surface area (Å²) < 4.78 is 0. The lowest BCUT2D eigenvalue weighted by atomic mass is 8.94. The van der Waals surface area contributed by atoms with Crippen molar-refractivity contribution in [1.29, 1.82) is 0 Å². The molecule has 0 nitrogen and oxygen atoms in total. The third kappa shape index (κ3) is 0.454. The van der Waals surface area contributed by atoms with Crippen LogP contribution in [0.4, 0.5) is 0 Å². The van der Waals surface area contributed by atoms with Gasteiger partial charge < -0.3 is 0 Å². The van der Waals surface area contributed by atoms with Gasteiger partial charge in [0.05, 0.1) is 0 Å². The van der Waals surface area contributed by atoms with E-state index in [9.17, 15) is 0 Å². The van der Waals surface area contributed by atoms with E-state index >= 15 is 0 Å². The molecule has 0 N–H and O–H groups in total. The van der Waals surface area contributed by atoms with E-state index in [0.29, 0.717) is 10.8 Å². The molecule has 0 bridgehead atoms. The minimum absolute atomic E-state index is 0.617. The topological polar surface area (TPSA) is 0 Å². The summed E-state index contributed by atoms with van der Waals surface area (Å²) >= 11 is 0. The Morgan fingerprint density at radius 3 is 1.67 bits per heavy atom. The van der Waals surface area contributed by atoms with Gasteiger partial charge >= 0.3 is 0 Å². The molecule has 18 heavy (non-hydrogen) atoms. The van der Waals surface area contributed by atoms with E-state index in [0.717, 1.165) is 52.3 Å². The highest BCUT2D eigenvalue weighted by Gasteiger charge is 3.06. The van der Waals surface area contributed by atoms with Gasteiger partial charge in [-0.15, -0.1) is 0 Å². The second-order valence-electron chi connectivity index (χ2n) is 9.47. The van der Waals surface area contributed by atoms with Crippen molar-refractivity contribution in [3.05, 3.63) is 0 Å².